The highest BCUT2D eigenvalue weighted by molar-refractivity contribution is 5.91. The van der Waals surface area contributed by atoms with Crippen LogP contribution in [0.15, 0.2) is 36.4 Å². The first-order valence-corrected chi connectivity index (χ1v) is 12.8. The topological polar surface area (TPSA) is 40.7 Å². The molecule has 1 unspecified atom stereocenters. The van der Waals surface area contributed by atoms with Crippen LogP contribution in [-0.4, -0.2) is 68.3 Å². The number of piperidine rings is 2. The highest BCUT2D eigenvalue weighted by Gasteiger charge is 2.26. The van der Waals surface area contributed by atoms with Crippen LogP contribution in [0.1, 0.15) is 49.1 Å². The van der Waals surface area contributed by atoms with Crippen molar-refractivity contribution < 1.29 is 9.47 Å². The molecule has 0 amide bonds. The Morgan fingerprint density at radius 1 is 0.912 bits per heavy atom. The number of aryl methyl sites for hydroxylation is 1. The normalized spacial score (nSPS) is 20.6. The lowest BCUT2D eigenvalue weighted by molar-refractivity contribution is 0.112. The molecule has 3 aromatic rings. The number of ether oxygens (including phenoxy) is 2. The van der Waals surface area contributed by atoms with Crippen molar-refractivity contribution in [3.8, 4) is 22.8 Å². The van der Waals surface area contributed by atoms with Gasteiger partial charge < -0.3 is 24.3 Å². The number of methoxy groups -OCH3 is 2. The van der Waals surface area contributed by atoms with Crippen molar-refractivity contribution in [3.63, 3.8) is 0 Å². The zero-order valence-electron chi connectivity index (χ0n) is 21.2. The predicted octanol–water partition coefficient (Wildman–Crippen LogP) is 5.82. The average Bonchev–Trinajstić information content (AvgIpc) is 3.21. The molecule has 0 aliphatic carbocycles. The first-order valence-electron chi connectivity index (χ1n) is 12.8. The molecule has 0 radical (unpaired) electrons. The van der Waals surface area contributed by atoms with Gasteiger partial charge in [-0.15, -0.1) is 0 Å². The minimum Gasteiger partial charge on any atom is -0.493 e. The quantitative estimate of drug-likeness (QED) is 0.502. The van der Waals surface area contributed by atoms with E-state index >= 15 is 0 Å². The second kappa shape index (κ2) is 10.0. The average molecular weight is 462 g/mol. The number of aromatic nitrogens is 1. The number of rotatable bonds is 6. The second-order valence-electron chi connectivity index (χ2n) is 10.2. The Balaban J connectivity index is 1.31. The molecule has 1 N–H and O–H groups in total. The van der Waals surface area contributed by atoms with Crippen LogP contribution in [0.3, 0.4) is 0 Å². The van der Waals surface area contributed by atoms with Crippen LogP contribution in [0, 0.1) is 6.92 Å². The molecule has 1 aromatic heterocycles. The molecule has 2 aromatic carbocycles. The Morgan fingerprint density at radius 2 is 1.71 bits per heavy atom. The van der Waals surface area contributed by atoms with Crippen molar-refractivity contribution in [3.05, 3.63) is 47.5 Å². The molecule has 2 aliphatic heterocycles. The van der Waals surface area contributed by atoms with Crippen molar-refractivity contribution in [1.82, 2.24) is 14.8 Å². The van der Waals surface area contributed by atoms with Gasteiger partial charge in [0, 0.05) is 34.7 Å². The van der Waals surface area contributed by atoms with E-state index in [2.05, 4.69) is 59.1 Å². The minimum atomic E-state index is 0.656. The standard InChI is InChI=1S/C29H39N3O2/c1-20-25-17-22(21-12-15-32(16-13-21)19-24-7-5-6-14-31(24)2)8-10-26(25)30-29(20)23-9-11-27(33-3)28(18-23)34-4/h8-11,17-18,21,24,30H,5-7,12-16,19H2,1-4H3. The van der Waals surface area contributed by atoms with Crippen LogP contribution in [0.2, 0.25) is 0 Å². The van der Waals surface area contributed by atoms with E-state index in [1.54, 1.807) is 14.2 Å². The van der Waals surface area contributed by atoms with Crippen LogP contribution in [0.25, 0.3) is 22.2 Å². The number of fused-ring (bicyclic) bond motifs is 1. The number of hydrogen-bond donors (Lipinski definition) is 1. The van der Waals surface area contributed by atoms with E-state index in [4.69, 9.17) is 9.47 Å². The number of benzene rings is 2. The van der Waals surface area contributed by atoms with E-state index in [1.807, 2.05) is 6.07 Å². The molecule has 2 fully saturated rings. The Bertz CT molecular complexity index is 1130. The fourth-order valence-electron chi connectivity index (χ4n) is 6.00. The highest BCUT2D eigenvalue weighted by Crippen LogP contribution is 2.37. The third kappa shape index (κ3) is 4.56. The van der Waals surface area contributed by atoms with E-state index in [0.29, 0.717) is 5.92 Å². The summed E-state index contributed by atoms with van der Waals surface area (Å²) in [7, 11) is 5.66. The van der Waals surface area contributed by atoms with Crippen molar-refractivity contribution >= 4 is 10.9 Å². The number of H-pyrrole nitrogens is 1. The van der Waals surface area contributed by atoms with Gasteiger partial charge in [0.25, 0.3) is 0 Å². The predicted molar refractivity (Wildman–Crippen MR) is 140 cm³/mol. The van der Waals surface area contributed by atoms with Crippen LogP contribution >= 0.6 is 0 Å². The fraction of sp³-hybridized carbons (Fsp3) is 0.517. The summed E-state index contributed by atoms with van der Waals surface area (Å²) in [6, 6.07) is 13.9. The lowest BCUT2D eigenvalue weighted by Crippen LogP contribution is -2.46. The SMILES string of the molecule is COc1ccc(-c2[nH]c3ccc(C4CCN(CC5CCCCN5C)CC4)cc3c2C)cc1OC. The van der Waals surface area contributed by atoms with Gasteiger partial charge in [0.05, 0.1) is 14.2 Å². The zero-order chi connectivity index (χ0) is 23.7. The monoisotopic (exact) mass is 461 g/mol. The van der Waals surface area contributed by atoms with Gasteiger partial charge >= 0.3 is 0 Å². The smallest absolute Gasteiger partial charge is 0.161 e. The molecule has 3 heterocycles. The Labute approximate surface area is 204 Å². The minimum absolute atomic E-state index is 0.656. The van der Waals surface area contributed by atoms with Gasteiger partial charge in [-0.05, 0) is 107 Å². The summed E-state index contributed by atoms with van der Waals surface area (Å²) in [5.74, 6) is 2.16. The summed E-state index contributed by atoms with van der Waals surface area (Å²) < 4.78 is 10.9. The maximum absolute atomic E-state index is 5.53. The molecule has 5 heteroatoms. The second-order valence-corrected chi connectivity index (χ2v) is 10.2. The van der Waals surface area contributed by atoms with Crippen molar-refractivity contribution in [2.45, 2.75) is 51.0 Å². The summed E-state index contributed by atoms with van der Waals surface area (Å²) in [5.41, 5.74) is 6.25. The molecule has 5 rings (SSSR count). The van der Waals surface area contributed by atoms with Gasteiger partial charge in [0.15, 0.2) is 11.5 Å². The maximum atomic E-state index is 5.53. The van der Waals surface area contributed by atoms with Gasteiger partial charge in [0.1, 0.15) is 0 Å². The first-order chi connectivity index (χ1) is 16.6. The number of aromatic amines is 1. The zero-order valence-corrected chi connectivity index (χ0v) is 21.2. The lowest BCUT2D eigenvalue weighted by atomic mass is 9.88. The van der Waals surface area contributed by atoms with Gasteiger partial charge in [0.2, 0.25) is 0 Å². The van der Waals surface area contributed by atoms with Crippen LogP contribution in [-0.2, 0) is 0 Å². The summed E-state index contributed by atoms with van der Waals surface area (Å²) in [6.07, 6.45) is 6.64. The Morgan fingerprint density at radius 3 is 2.44 bits per heavy atom. The van der Waals surface area contributed by atoms with Gasteiger partial charge in [-0.1, -0.05) is 12.5 Å². The molecule has 1 atom stereocenters. The van der Waals surface area contributed by atoms with E-state index in [-0.39, 0.29) is 0 Å². The maximum Gasteiger partial charge on any atom is 0.161 e. The Hall–Kier alpha value is -2.50. The van der Waals surface area contributed by atoms with Crippen LogP contribution in [0.5, 0.6) is 11.5 Å². The fourth-order valence-corrected chi connectivity index (χ4v) is 6.00. The molecule has 0 bridgehead atoms. The molecular weight excluding hydrogens is 422 g/mol. The van der Waals surface area contributed by atoms with Crippen LogP contribution < -0.4 is 9.47 Å². The first kappa shape index (κ1) is 23.3. The molecule has 34 heavy (non-hydrogen) atoms. The molecule has 0 saturated carbocycles. The van der Waals surface area contributed by atoms with Crippen molar-refractivity contribution in [1.29, 1.82) is 0 Å². The third-order valence-electron chi connectivity index (χ3n) is 8.20. The highest BCUT2D eigenvalue weighted by atomic mass is 16.5. The third-order valence-corrected chi connectivity index (χ3v) is 8.20. The van der Waals surface area contributed by atoms with Gasteiger partial charge in [-0.3, -0.25) is 0 Å². The lowest BCUT2D eigenvalue weighted by Gasteiger charge is -2.39. The van der Waals surface area contributed by atoms with Gasteiger partial charge in [-0.25, -0.2) is 0 Å². The van der Waals surface area contributed by atoms with E-state index in [1.165, 1.54) is 80.3 Å². The number of nitrogens with zero attached hydrogens (tertiary/aromatic N) is 2. The molecule has 2 aliphatic rings. The molecular formula is C29H39N3O2. The molecule has 182 valence electrons. The number of likely N-dealkylation sites (N-methyl/N-ethyl adjacent to an activating group) is 1. The van der Waals surface area contributed by atoms with E-state index in [9.17, 15) is 0 Å². The number of hydrogen-bond acceptors (Lipinski definition) is 4. The summed E-state index contributed by atoms with van der Waals surface area (Å²) in [4.78, 5) is 8.93. The number of nitrogens with one attached hydrogen (secondary N) is 1. The van der Waals surface area contributed by atoms with E-state index in [0.717, 1.165) is 28.8 Å². The van der Waals surface area contributed by atoms with E-state index < -0.39 is 0 Å². The van der Waals surface area contributed by atoms with Gasteiger partial charge in [-0.2, -0.15) is 0 Å². The summed E-state index contributed by atoms with van der Waals surface area (Å²) >= 11 is 0. The van der Waals surface area contributed by atoms with Crippen molar-refractivity contribution in [2.24, 2.45) is 0 Å². The largest absolute Gasteiger partial charge is 0.493 e. The summed E-state index contributed by atoms with van der Waals surface area (Å²) in [5, 5.41) is 1.33. The molecule has 2 saturated heterocycles. The summed E-state index contributed by atoms with van der Waals surface area (Å²) in [6.45, 7) is 7.17. The van der Waals surface area contributed by atoms with Crippen molar-refractivity contribution in [2.75, 3.05) is 47.4 Å². The number of likely N-dealkylation sites (tertiary alicyclic amines) is 2. The molecule has 0 spiro atoms. The van der Waals surface area contributed by atoms with Crippen LogP contribution in [0.4, 0.5) is 0 Å². The molecule has 5 nitrogen and oxygen atoms in total. The Kier molecular flexibility index (Phi) is 6.84.